The molecule has 17 rings (SSSR count). The first-order valence-corrected chi connectivity index (χ1v) is 49.8. The number of fused-ring (bicyclic) bond motifs is 3. The average Bonchev–Trinajstić information content (AvgIpc) is 1.52. The van der Waals surface area contributed by atoms with Gasteiger partial charge in [-0.25, -0.2) is 4.79 Å². The van der Waals surface area contributed by atoms with Crippen molar-refractivity contribution in [2.45, 2.75) is 176 Å². The molecule has 19 nitrogen and oxygen atoms in total. The number of nitrogens with zero attached hydrogens (tertiary/aromatic N) is 9. The molecule has 7 fully saturated rings. The Morgan fingerprint density at radius 2 is 0.919 bits per heavy atom. The number of benzene rings is 6. The fourth-order valence-electron chi connectivity index (χ4n) is 16.5. The van der Waals surface area contributed by atoms with Crippen molar-refractivity contribution in [2.24, 2.45) is 17.8 Å². The van der Waals surface area contributed by atoms with Crippen molar-refractivity contribution in [3.05, 3.63) is 219 Å². The van der Waals surface area contributed by atoms with E-state index in [1.54, 1.807) is 35.8 Å². The first-order valence-electron chi connectivity index (χ1n) is 38.7. The number of alkyl halides is 1. The van der Waals surface area contributed by atoms with E-state index in [4.69, 9.17) is 23.5 Å². The number of anilines is 3. The molecule has 1 N–H and O–H groups in total. The van der Waals surface area contributed by atoms with Crippen LogP contribution in [-0.4, -0.2) is 117 Å². The van der Waals surface area contributed by atoms with Crippen LogP contribution in [0.2, 0.25) is 0 Å². The molecular weight excluding hydrogens is 1740 g/mol. The molecule has 578 valence electrons. The Hall–Kier alpha value is -7.33. The van der Waals surface area contributed by atoms with Crippen LogP contribution in [0.25, 0.3) is 32.7 Å². The van der Waals surface area contributed by atoms with Gasteiger partial charge in [0.05, 0.1) is 41.5 Å². The zero-order valence-corrected chi connectivity index (χ0v) is 74.0. The Morgan fingerprint density at radius 1 is 0.532 bits per heavy atom. The maximum atomic E-state index is 14.0. The van der Waals surface area contributed by atoms with E-state index in [1.165, 1.54) is 38.8 Å². The fourth-order valence-corrected chi connectivity index (χ4v) is 17.8. The second kappa shape index (κ2) is 36.4. The van der Waals surface area contributed by atoms with E-state index in [2.05, 4.69) is 176 Å². The number of aromatic amines is 1. The summed E-state index contributed by atoms with van der Waals surface area (Å²) in [6.45, 7) is 18.2. The van der Waals surface area contributed by atoms with Gasteiger partial charge >= 0.3 is 40.3 Å². The minimum absolute atomic E-state index is 0.0950. The van der Waals surface area contributed by atoms with Gasteiger partial charge in [0.25, 0.3) is 17.7 Å². The summed E-state index contributed by atoms with van der Waals surface area (Å²) in [5.41, 5.74) is 7.59. The van der Waals surface area contributed by atoms with Gasteiger partial charge < -0.3 is 53.8 Å². The Labute approximate surface area is 694 Å². The van der Waals surface area contributed by atoms with Crippen LogP contribution in [-0.2, 0) is 50.4 Å². The van der Waals surface area contributed by atoms with E-state index < -0.39 is 22.4 Å². The van der Waals surface area contributed by atoms with E-state index in [9.17, 15) is 29.7 Å². The second-order valence-electron chi connectivity index (χ2n) is 30.9. The summed E-state index contributed by atoms with van der Waals surface area (Å²) in [6, 6.07) is 58.5. The molecule has 0 spiro atoms. The van der Waals surface area contributed by atoms with Crippen LogP contribution < -0.4 is 20.5 Å². The van der Waals surface area contributed by atoms with Crippen LogP contribution in [0.1, 0.15) is 179 Å². The fraction of sp³-hybridized carbons (Fsp3) is 0.432. The molecule has 0 radical (unpaired) electrons. The molecular formula is C88H99BrI2N10O9Zn. The molecule has 4 saturated heterocycles. The second-order valence-corrected chi connectivity index (χ2v) is 33.6. The summed E-state index contributed by atoms with van der Waals surface area (Å²) in [5, 5.41) is 27.0. The van der Waals surface area contributed by atoms with Crippen molar-refractivity contribution < 1.29 is 52.6 Å². The number of carbonyl (C=O) groups excluding carboxylic acids is 3. The number of aromatic nitrogens is 5. The van der Waals surface area contributed by atoms with Crippen LogP contribution in [0.5, 0.6) is 0 Å². The number of nitrogens with one attached hydrogen (secondary N) is 1. The van der Waals surface area contributed by atoms with Crippen molar-refractivity contribution in [2.75, 3.05) is 62.3 Å². The van der Waals surface area contributed by atoms with E-state index >= 15 is 0 Å². The van der Waals surface area contributed by atoms with E-state index in [0.717, 1.165) is 142 Å². The Balaban J connectivity index is 0.000000141. The van der Waals surface area contributed by atoms with Crippen LogP contribution >= 0.6 is 58.3 Å². The van der Waals surface area contributed by atoms with Crippen molar-refractivity contribution in [1.29, 1.82) is 10.5 Å². The number of carbonyl (C=O) groups is 3. The molecule has 4 aromatic heterocycles. The minimum atomic E-state index is -0.654. The number of hydrogen-bond donors (Lipinski definition) is 1. The molecule has 6 aromatic carbocycles. The quantitative estimate of drug-likeness (QED) is 0.0523. The monoisotopic (exact) mass is 1840 g/mol. The maximum absolute atomic E-state index is 14.0. The van der Waals surface area contributed by atoms with Crippen molar-refractivity contribution in [3.8, 4) is 12.1 Å². The van der Waals surface area contributed by atoms with Gasteiger partial charge in [0.1, 0.15) is 33.7 Å². The summed E-state index contributed by atoms with van der Waals surface area (Å²) in [4.78, 5) is 60.5. The predicted octanol–water partition coefficient (Wildman–Crippen LogP) is 19.3. The van der Waals surface area contributed by atoms with Crippen LogP contribution in [0.15, 0.2) is 178 Å². The molecule has 0 bridgehead atoms. The van der Waals surface area contributed by atoms with Crippen LogP contribution in [0.3, 0.4) is 0 Å². The van der Waals surface area contributed by atoms with Gasteiger partial charge in [-0.3, -0.25) is 23.9 Å². The summed E-state index contributed by atoms with van der Waals surface area (Å²) in [7, 11) is 5.35. The molecule has 111 heavy (non-hydrogen) atoms. The van der Waals surface area contributed by atoms with E-state index in [1.807, 2.05) is 137 Å². The zero-order valence-electron chi connectivity index (χ0n) is 65.1. The third kappa shape index (κ3) is 18.1. The van der Waals surface area contributed by atoms with Crippen molar-refractivity contribution >= 4 is 126 Å². The third-order valence-corrected chi connectivity index (χ3v) is 24.9. The number of halogens is 3. The topological polar surface area (TPSA) is 219 Å². The molecule has 3 saturated carbocycles. The van der Waals surface area contributed by atoms with Gasteiger partial charge in [-0.05, 0) is 223 Å². The van der Waals surface area contributed by atoms with Gasteiger partial charge in [-0.1, -0.05) is 131 Å². The molecule has 10 aromatic rings. The first-order chi connectivity index (χ1) is 53.5. The summed E-state index contributed by atoms with van der Waals surface area (Å²) in [5.74, 6) is 1.02. The molecule has 3 aliphatic carbocycles. The molecule has 4 aliphatic heterocycles. The summed E-state index contributed by atoms with van der Waals surface area (Å²) in [6.07, 6.45) is 14.8. The summed E-state index contributed by atoms with van der Waals surface area (Å²) < 4.78 is 34.8. The number of H-pyrrole nitrogens is 1. The number of para-hydroxylation sites is 3. The van der Waals surface area contributed by atoms with Crippen LogP contribution in [0.4, 0.5) is 17.1 Å². The van der Waals surface area contributed by atoms with Gasteiger partial charge in [0.2, 0.25) is 0 Å². The summed E-state index contributed by atoms with van der Waals surface area (Å²) >= 11 is 9.61. The number of amides is 3. The van der Waals surface area contributed by atoms with Gasteiger partial charge in [-0.15, -0.1) is 0 Å². The Kier molecular flexibility index (Phi) is 27.3. The standard InChI is InChI=1S/C28H30N4O4.C27H29N3O2.C21H18BrN3O.C6H11IO.C6H11O.HI.Zn/c1-17-16-28(17,26-29-27(34)36-30-26)32-23-10-9-19(20-11-12-35-18(2)13-20)14-21(23)15-24(32)25(33)31(3)22-7-5-4-6-8-22;1-18-16-27(18,17-28)30-24-10-9-20(21-11-12-32-19(2)13-21)14-22(24)15-25(30)26(31)29(3)23-7-5-4-6-8-23;1-14-12-21(14,13-23)25-18-9-8-16(22)10-15(18)11-19(25)20(26)24(2)17-6-4-3-5-7-17;1-5-4-6(7)2-3-8-5;1-6-4-2-3-5-7-6;;/h4-10,14-15,17-18,20H,11-13,16H2,1-3H3,(H,29,30,34);4-10,14-15,18-19,21H,11-13,16H2,1-3H3;3-11,14H,12H2,1-2H3;5-6H,2-4H2,1H3;2,6H,3-5H2,1H3;1H;/q;;;;-1;;+2/p-1/t17-,18-,20?,28-;18-,19-,21?,27+;14-,21+;5-,6?;6-;;/m00000../s1. The van der Waals surface area contributed by atoms with Gasteiger partial charge in [-0.2, -0.15) is 23.4 Å². The Morgan fingerprint density at radius 3 is 1.25 bits per heavy atom. The number of rotatable bonds is 12. The molecule has 3 amide bonds. The van der Waals surface area contributed by atoms with Crippen molar-refractivity contribution in [3.63, 3.8) is 0 Å². The molecule has 3 unspecified atom stereocenters. The SMILES string of the molecule is C[C@H]1CC(I)CCO1.C[C@H]1CC(c2ccc3c(c2)cc(C(=O)N(C)c2ccccc2)n3[C@@]2(C#N)C[C@@H]2C)CCO1.C[C@H]1CC(c2ccc3c(c2)cc(C(=O)N(C)c2ccccc2)n3[C@@]2(c3noc(=O)[nH]3)C[C@@H]2C)CCO1.C[C@H]1C[C@]1(C#N)n1c(C(=O)N(C)c2ccccc2)cc2cc(Br)ccc21.C[C@H]1C[CH-]CCO1.[Zn+][I]. The van der Waals surface area contributed by atoms with E-state index in [0.29, 0.717) is 46.9 Å². The number of ether oxygens (including phenoxy) is 4. The van der Waals surface area contributed by atoms with E-state index in [-0.39, 0.29) is 47.7 Å². The third-order valence-electron chi connectivity index (χ3n) is 23.2. The molecule has 8 heterocycles. The first kappa shape index (κ1) is 83.1. The molecule has 13 atom stereocenters. The predicted molar refractivity (Wildman–Crippen MR) is 454 cm³/mol. The number of hydrogen-bond acceptors (Lipinski definition) is 12. The normalized spacial score (nSPS) is 26.2. The van der Waals surface area contributed by atoms with Gasteiger partial charge in [0, 0.05) is 101 Å². The zero-order chi connectivity index (χ0) is 79.1. The number of nitriles is 2. The van der Waals surface area contributed by atoms with Gasteiger partial charge in [0.15, 0.2) is 5.82 Å². The molecule has 23 heteroatoms. The molecule has 7 aliphatic rings. The van der Waals surface area contributed by atoms with Crippen LogP contribution in [0, 0.1) is 46.8 Å². The van der Waals surface area contributed by atoms with Crippen molar-refractivity contribution in [1.82, 2.24) is 23.8 Å². The Bertz CT molecular complexity index is 5040. The average molecular weight is 1840 g/mol.